The summed E-state index contributed by atoms with van der Waals surface area (Å²) in [4.78, 5) is 19.9. The van der Waals surface area contributed by atoms with E-state index in [0.717, 1.165) is 6.20 Å². The predicted octanol–water partition coefficient (Wildman–Crippen LogP) is 4.43. The van der Waals surface area contributed by atoms with Gasteiger partial charge in [-0.15, -0.1) is 0 Å². The van der Waals surface area contributed by atoms with Crippen molar-refractivity contribution in [1.29, 1.82) is 0 Å². The molecule has 0 saturated heterocycles. The molecule has 23 heavy (non-hydrogen) atoms. The van der Waals surface area contributed by atoms with Gasteiger partial charge in [-0.3, -0.25) is 4.79 Å². The van der Waals surface area contributed by atoms with Gasteiger partial charge in [-0.1, -0.05) is 23.2 Å². The zero-order valence-corrected chi connectivity index (χ0v) is 12.9. The second kappa shape index (κ2) is 6.36. The van der Waals surface area contributed by atoms with Crippen LogP contribution in [0.3, 0.4) is 0 Å². The second-order valence-electron chi connectivity index (χ2n) is 4.48. The van der Waals surface area contributed by atoms with E-state index < -0.39 is 11.7 Å². The van der Waals surface area contributed by atoms with Crippen molar-refractivity contribution in [2.24, 2.45) is 0 Å². The van der Waals surface area contributed by atoms with E-state index in [4.69, 9.17) is 27.6 Å². The maximum Gasteiger partial charge on any atom is 0.278 e. The van der Waals surface area contributed by atoms with Gasteiger partial charge in [0.25, 0.3) is 5.91 Å². The van der Waals surface area contributed by atoms with Crippen LogP contribution in [0.2, 0.25) is 10.0 Å². The lowest BCUT2D eigenvalue weighted by Gasteiger charge is -2.01. The molecule has 3 rings (SSSR count). The second-order valence-corrected chi connectivity index (χ2v) is 5.30. The summed E-state index contributed by atoms with van der Waals surface area (Å²) >= 11 is 11.8. The van der Waals surface area contributed by atoms with E-state index in [-0.39, 0.29) is 17.4 Å². The zero-order chi connectivity index (χ0) is 16.4. The average Bonchev–Trinajstić information content (AvgIpc) is 3.02. The molecule has 0 spiro atoms. The van der Waals surface area contributed by atoms with Crippen molar-refractivity contribution in [1.82, 2.24) is 9.97 Å². The van der Waals surface area contributed by atoms with Gasteiger partial charge in [0.1, 0.15) is 17.9 Å². The van der Waals surface area contributed by atoms with E-state index in [0.29, 0.717) is 15.6 Å². The van der Waals surface area contributed by atoms with Gasteiger partial charge in [-0.25, -0.2) is 14.4 Å². The van der Waals surface area contributed by atoms with Crippen LogP contribution in [0.25, 0.3) is 11.5 Å². The zero-order valence-electron chi connectivity index (χ0n) is 11.4. The number of nitrogens with zero attached hydrogens (tertiary/aromatic N) is 2. The van der Waals surface area contributed by atoms with Gasteiger partial charge in [-0.05, 0) is 30.3 Å². The fourth-order valence-corrected chi connectivity index (χ4v) is 2.07. The first-order valence-electron chi connectivity index (χ1n) is 6.37. The maximum atomic E-state index is 12.8. The van der Waals surface area contributed by atoms with Crippen LogP contribution in [0.5, 0.6) is 0 Å². The van der Waals surface area contributed by atoms with Crippen molar-refractivity contribution >= 4 is 34.9 Å². The smallest absolute Gasteiger partial charge is 0.278 e. The Labute approximate surface area is 140 Å². The number of rotatable bonds is 3. The van der Waals surface area contributed by atoms with Gasteiger partial charge in [-0.2, -0.15) is 0 Å². The molecule has 1 amide bonds. The van der Waals surface area contributed by atoms with Gasteiger partial charge in [0, 0.05) is 5.56 Å². The first kappa shape index (κ1) is 15.5. The minimum atomic E-state index is -0.529. The number of pyridine rings is 1. The molecule has 3 aromatic rings. The minimum absolute atomic E-state index is 0.0530. The molecule has 0 unspecified atom stereocenters. The van der Waals surface area contributed by atoms with Crippen LogP contribution in [-0.4, -0.2) is 15.9 Å². The number of anilines is 1. The first-order valence-corrected chi connectivity index (χ1v) is 7.12. The number of oxazole rings is 1. The normalized spacial score (nSPS) is 10.6. The van der Waals surface area contributed by atoms with Crippen molar-refractivity contribution in [3.05, 3.63) is 64.3 Å². The Balaban J connectivity index is 1.79. The largest absolute Gasteiger partial charge is 0.444 e. The molecule has 1 N–H and O–H groups in total. The highest BCUT2D eigenvalue weighted by Crippen LogP contribution is 2.28. The third-order valence-corrected chi connectivity index (χ3v) is 3.61. The van der Waals surface area contributed by atoms with Crippen molar-refractivity contribution in [3.8, 4) is 11.5 Å². The number of halogens is 3. The average molecular weight is 352 g/mol. The Morgan fingerprint density at radius 3 is 2.70 bits per heavy atom. The van der Waals surface area contributed by atoms with Gasteiger partial charge >= 0.3 is 0 Å². The summed E-state index contributed by atoms with van der Waals surface area (Å²) in [5.41, 5.74) is 0.635. The molecule has 0 aliphatic heterocycles. The summed E-state index contributed by atoms with van der Waals surface area (Å²) in [6.07, 6.45) is 2.20. The quantitative estimate of drug-likeness (QED) is 0.757. The molecule has 0 aliphatic rings. The third kappa shape index (κ3) is 3.49. The molecule has 5 nitrogen and oxygen atoms in total. The van der Waals surface area contributed by atoms with E-state index in [1.165, 1.54) is 18.4 Å². The Morgan fingerprint density at radius 1 is 1.17 bits per heavy atom. The number of nitrogens with one attached hydrogen (secondary N) is 1. The van der Waals surface area contributed by atoms with Crippen LogP contribution in [0.15, 0.2) is 47.2 Å². The highest BCUT2D eigenvalue weighted by Gasteiger charge is 2.15. The van der Waals surface area contributed by atoms with Crippen molar-refractivity contribution in [2.75, 3.05) is 5.32 Å². The summed E-state index contributed by atoms with van der Waals surface area (Å²) < 4.78 is 18.0. The van der Waals surface area contributed by atoms with Crippen LogP contribution >= 0.6 is 23.2 Å². The molecule has 0 radical (unpaired) electrons. The van der Waals surface area contributed by atoms with E-state index in [1.807, 2.05) is 0 Å². The fraction of sp³-hybridized carbons (Fsp3) is 0. The fourth-order valence-electron chi connectivity index (χ4n) is 1.77. The monoisotopic (exact) mass is 351 g/mol. The number of amides is 1. The number of hydrogen-bond donors (Lipinski definition) is 1. The molecule has 0 aliphatic carbocycles. The van der Waals surface area contributed by atoms with Crippen LogP contribution in [-0.2, 0) is 0 Å². The van der Waals surface area contributed by atoms with Crippen molar-refractivity contribution in [2.45, 2.75) is 0 Å². The number of aromatic nitrogens is 2. The Hall–Kier alpha value is -2.44. The molecule has 0 bridgehead atoms. The summed E-state index contributed by atoms with van der Waals surface area (Å²) in [5, 5.41) is 3.24. The number of benzene rings is 1. The molecule has 1 aromatic carbocycles. The van der Waals surface area contributed by atoms with Gasteiger partial charge in [0.2, 0.25) is 5.89 Å². The summed E-state index contributed by atoms with van der Waals surface area (Å²) in [6.45, 7) is 0. The molecular weight excluding hydrogens is 344 g/mol. The minimum Gasteiger partial charge on any atom is -0.444 e. The molecular formula is C15H8Cl2FN3O2. The molecule has 2 heterocycles. The number of carbonyl (C=O) groups is 1. The summed E-state index contributed by atoms with van der Waals surface area (Å²) in [5.74, 6) is -0.596. The topological polar surface area (TPSA) is 68.0 Å². The SMILES string of the molecule is O=C(Nc1ccc(F)cn1)c1coc(-c2ccc(Cl)c(Cl)c2)n1. The lowest BCUT2D eigenvalue weighted by molar-refractivity contribution is 0.102. The van der Waals surface area contributed by atoms with Gasteiger partial charge < -0.3 is 9.73 Å². The lowest BCUT2D eigenvalue weighted by atomic mass is 10.2. The summed E-state index contributed by atoms with van der Waals surface area (Å²) in [7, 11) is 0. The van der Waals surface area contributed by atoms with E-state index in [1.54, 1.807) is 18.2 Å². The Morgan fingerprint density at radius 2 is 2.00 bits per heavy atom. The predicted molar refractivity (Wildman–Crippen MR) is 84.1 cm³/mol. The molecule has 2 aromatic heterocycles. The van der Waals surface area contributed by atoms with Gasteiger partial charge in [0.05, 0.1) is 16.2 Å². The van der Waals surface area contributed by atoms with E-state index in [9.17, 15) is 9.18 Å². The highest BCUT2D eigenvalue weighted by atomic mass is 35.5. The number of carbonyl (C=O) groups excluding carboxylic acids is 1. The number of hydrogen-bond acceptors (Lipinski definition) is 4. The summed E-state index contributed by atoms with van der Waals surface area (Å²) in [6, 6.07) is 7.38. The van der Waals surface area contributed by atoms with Crippen LogP contribution < -0.4 is 5.32 Å². The first-order chi connectivity index (χ1) is 11.0. The van der Waals surface area contributed by atoms with Gasteiger partial charge in [0.15, 0.2) is 5.69 Å². The van der Waals surface area contributed by atoms with Crippen LogP contribution in [0.4, 0.5) is 10.2 Å². The van der Waals surface area contributed by atoms with E-state index >= 15 is 0 Å². The third-order valence-electron chi connectivity index (χ3n) is 2.87. The van der Waals surface area contributed by atoms with Crippen LogP contribution in [0, 0.1) is 5.82 Å². The highest BCUT2D eigenvalue weighted by molar-refractivity contribution is 6.42. The maximum absolute atomic E-state index is 12.8. The molecule has 0 fully saturated rings. The van der Waals surface area contributed by atoms with E-state index in [2.05, 4.69) is 15.3 Å². The van der Waals surface area contributed by atoms with Crippen LogP contribution in [0.1, 0.15) is 10.5 Å². The molecule has 0 saturated carbocycles. The standard InChI is InChI=1S/C15H8Cl2FN3O2/c16-10-3-1-8(5-11(10)17)15-20-12(7-23-15)14(22)21-13-4-2-9(18)6-19-13/h1-7H,(H,19,21,22). The molecule has 0 atom stereocenters. The Bertz CT molecular complexity index is 865. The lowest BCUT2D eigenvalue weighted by Crippen LogP contribution is -2.13. The molecule has 8 heteroatoms. The Kier molecular flexibility index (Phi) is 4.27. The van der Waals surface area contributed by atoms with Crippen molar-refractivity contribution in [3.63, 3.8) is 0 Å². The van der Waals surface area contributed by atoms with Crippen molar-refractivity contribution < 1.29 is 13.6 Å². The molecule has 116 valence electrons.